The fraction of sp³-hybridized carbons (Fsp3) is 0.667. The van der Waals surface area contributed by atoms with Crippen LogP contribution in [0.4, 0.5) is 0 Å². The Bertz CT molecular complexity index is 334. The zero-order valence-electron chi connectivity index (χ0n) is 10.8. The molecule has 96 valence electrons. The molecule has 1 rings (SSSR count). The number of nitrogens with one attached hydrogen (secondary N) is 1. The standard InChI is InChI=1S/C12H22N4O/c1-9(2)7-11(13)12(17)15-10(3)8-16-6-4-5-14-16/h4-6,9-11H,7-8,13H2,1-3H3,(H,15,17). The van der Waals surface area contributed by atoms with Crippen LogP contribution in [0.5, 0.6) is 0 Å². The molecule has 0 aliphatic carbocycles. The van der Waals surface area contributed by atoms with Gasteiger partial charge in [-0.2, -0.15) is 5.10 Å². The molecule has 0 saturated carbocycles. The van der Waals surface area contributed by atoms with E-state index >= 15 is 0 Å². The number of amides is 1. The van der Waals surface area contributed by atoms with E-state index in [2.05, 4.69) is 24.3 Å². The van der Waals surface area contributed by atoms with Crippen molar-refractivity contribution in [2.45, 2.75) is 45.8 Å². The van der Waals surface area contributed by atoms with Crippen molar-refractivity contribution in [1.82, 2.24) is 15.1 Å². The third-order valence-electron chi connectivity index (χ3n) is 2.47. The predicted octanol–water partition coefficient (Wildman–Crippen LogP) is 0.761. The molecule has 1 amide bonds. The number of carbonyl (C=O) groups is 1. The fourth-order valence-electron chi connectivity index (χ4n) is 1.70. The van der Waals surface area contributed by atoms with Crippen LogP contribution in [0, 0.1) is 5.92 Å². The second kappa shape index (κ2) is 6.39. The molecule has 1 aromatic heterocycles. The van der Waals surface area contributed by atoms with Gasteiger partial charge in [0, 0.05) is 18.4 Å². The van der Waals surface area contributed by atoms with Crippen molar-refractivity contribution in [3.63, 3.8) is 0 Å². The highest BCUT2D eigenvalue weighted by atomic mass is 16.2. The first-order valence-corrected chi connectivity index (χ1v) is 6.02. The summed E-state index contributed by atoms with van der Waals surface area (Å²) in [6.07, 6.45) is 4.30. The maximum absolute atomic E-state index is 11.8. The molecular formula is C12H22N4O. The van der Waals surface area contributed by atoms with Crippen LogP contribution in [0.2, 0.25) is 0 Å². The Balaban J connectivity index is 2.35. The van der Waals surface area contributed by atoms with Gasteiger partial charge < -0.3 is 11.1 Å². The molecule has 0 spiro atoms. The van der Waals surface area contributed by atoms with Crippen molar-refractivity contribution in [2.24, 2.45) is 11.7 Å². The lowest BCUT2D eigenvalue weighted by Gasteiger charge is -2.18. The smallest absolute Gasteiger partial charge is 0.237 e. The Morgan fingerprint density at radius 1 is 1.47 bits per heavy atom. The normalized spacial score (nSPS) is 14.6. The second-order valence-corrected chi connectivity index (χ2v) is 4.87. The first-order chi connectivity index (χ1) is 7.99. The number of rotatable bonds is 6. The molecule has 0 aliphatic rings. The van der Waals surface area contributed by atoms with Crippen molar-refractivity contribution < 1.29 is 4.79 Å². The number of nitrogens with zero attached hydrogens (tertiary/aromatic N) is 2. The highest BCUT2D eigenvalue weighted by Gasteiger charge is 2.16. The lowest BCUT2D eigenvalue weighted by Crippen LogP contribution is -2.46. The van der Waals surface area contributed by atoms with Gasteiger partial charge in [0.2, 0.25) is 5.91 Å². The summed E-state index contributed by atoms with van der Waals surface area (Å²) < 4.78 is 1.79. The summed E-state index contributed by atoms with van der Waals surface area (Å²) in [6, 6.07) is 1.47. The third-order valence-corrected chi connectivity index (χ3v) is 2.47. The van der Waals surface area contributed by atoms with E-state index in [4.69, 9.17) is 5.73 Å². The van der Waals surface area contributed by atoms with Gasteiger partial charge in [-0.25, -0.2) is 0 Å². The van der Waals surface area contributed by atoms with E-state index in [0.717, 1.165) is 0 Å². The predicted molar refractivity (Wildman–Crippen MR) is 67.3 cm³/mol. The Labute approximate surface area is 102 Å². The van der Waals surface area contributed by atoms with Crippen molar-refractivity contribution in [3.8, 4) is 0 Å². The molecule has 0 bridgehead atoms. The van der Waals surface area contributed by atoms with Gasteiger partial charge in [0.1, 0.15) is 0 Å². The van der Waals surface area contributed by atoms with Crippen molar-refractivity contribution in [3.05, 3.63) is 18.5 Å². The van der Waals surface area contributed by atoms with Gasteiger partial charge in [-0.1, -0.05) is 13.8 Å². The maximum Gasteiger partial charge on any atom is 0.237 e. The van der Waals surface area contributed by atoms with Crippen LogP contribution in [0.3, 0.4) is 0 Å². The molecular weight excluding hydrogens is 216 g/mol. The van der Waals surface area contributed by atoms with E-state index in [1.54, 1.807) is 10.9 Å². The fourth-order valence-corrected chi connectivity index (χ4v) is 1.70. The SMILES string of the molecule is CC(C)CC(N)C(=O)NC(C)Cn1cccn1. The van der Waals surface area contributed by atoms with Gasteiger partial charge in [0.05, 0.1) is 12.6 Å². The van der Waals surface area contributed by atoms with Crippen LogP contribution in [0.1, 0.15) is 27.2 Å². The van der Waals surface area contributed by atoms with E-state index in [9.17, 15) is 4.79 Å². The van der Waals surface area contributed by atoms with Crippen LogP contribution >= 0.6 is 0 Å². The maximum atomic E-state index is 11.8. The number of nitrogens with two attached hydrogens (primary N) is 1. The summed E-state index contributed by atoms with van der Waals surface area (Å²) in [5.74, 6) is 0.343. The van der Waals surface area contributed by atoms with Crippen LogP contribution in [-0.2, 0) is 11.3 Å². The number of hydrogen-bond acceptors (Lipinski definition) is 3. The summed E-state index contributed by atoms with van der Waals surface area (Å²) in [4.78, 5) is 11.8. The van der Waals surface area contributed by atoms with E-state index in [1.807, 2.05) is 19.2 Å². The highest BCUT2D eigenvalue weighted by Crippen LogP contribution is 2.03. The summed E-state index contributed by atoms with van der Waals surface area (Å²) in [5, 5.41) is 6.99. The zero-order valence-corrected chi connectivity index (χ0v) is 10.8. The summed E-state index contributed by atoms with van der Waals surface area (Å²) in [6.45, 7) is 6.72. The molecule has 0 radical (unpaired) electrons. The number of aromatic nitrogens is 2. The van der Waals surface area contributed by atoms with Crippen LogP contribution in [0.15, 0.2) is 18.5 Å². The minimum atomic E-state index is -0.421. The van der Waals surface area contributed by atoms with Crippen molar-refractivity contribution in [1.29, 1.82) is 0 Å². The van der Waals surface area contributed by atoms with Gasteiger partial charge in [0.25, 0.3) is 0 Å². The monoisotopic (exact) mass is 238 g/mol. The second-order valence-electron chi connectivity index (χ2n) is 4.87. The van der Waals surface area contributed by atoms with E-state index in [1.165, 1.54) is 0 Å². The van der Waals surface area contributed by atoms with Gasteiger partial charge >= 0.3 is 0 Å². The van der Waals surface area contributed by atoms with E-state index in [0.29, 0.717) is 18.9 Å². The Morgan fingerprint density at radius 2 is 2.18 bits per heavy atom. The largest absolute Gasteiger partial charge is 0.350 e. The summed E-state index contributed by atoms with van der Waals surface area (Å²) >= 11 is 0. The highest BCUT2D eigenvalue weighted by molar-refractivity contribution is 5.81. The topological polar surface area (TPSA) is 72.9 Å². The van der Waals surface area contributed by atoms with E-state index in [-0.39, 0.29) is 11.9 Å². The van der Waals surface area contributed by atoms with Crippen LogP contribution < -0.4 is 11.1 Å². The lowest BCUT2D eigenvalue weighted by molar-refractivity contribution is -0.123. The molecule has 5 nitrogen and oxygen atoms in total. The lowest BCUT2D eigenvalue weighted by atomic mass is 10.0. The molecule has 2 atom stereocenters. The molecule has 0 fully saturated rings. The molecule has 5 heteroatoms. The molecule has 0 aromatic carbocycles. The summed E-state index contributed by atoms with van der Waals surface area (Å²) in [5.41, 5.74) is 5.81. The minimum absolute atomic E-state index is 0.0283. The third kappa shape index (κ3) is 4.99. The number of hydrogen-bond donors (Lipinski definition) is 2. The average Bonchev–Trinajstić information content (AvgIpc) is 2.68. The number of carbonyl (C=O) groups excluding carboxylic acids is 1. The van der Waals surface area contributed by atoms with Gasteiger partial charge in [0.15, 0.2) is 0 Å². The molecule has 3 N–H and O–H groups in total. The Hall–Kier alpha value is -1.36. The zero-order chi connectivity index (χ0) is 12.8. The molecule has 17 heavy (non-hydrogen) atoms. The van der Waals surface area contributed by atoms with Gasteiger partial charge in [-0.15, -0.1) is 0 Å². The Morgan fingerprint density at radius 3 is 2.71 bits per heavy atom. The van der Waals surface area contributed by atoms with Crippen molar-refractivity contribution >= 4 is 5.91 Å². The summed E-state index contributed by atoms with van der Waals surface area (Å²) in [7, 11) is 0. The first-order valence-electron chi connectivity index (χ1n) is 6.02. The molecule has 0 saturated heterocycles. The van der Waals surface area contributed by atoms with Crippen molar-refractivity contribution in [2.75, 3.05) is 0 Å². The Kier molecular flexibility index (Phi) is 5.15. The minimum Gasteiger partial charge on any atom is -0.350 e. The molecule has 1 heterocycles. The first kappa shape index (κ1) is 13.7. The van der Waals surface area contributed by atoms with Crippen LogP contribution in [-0.4, -0.2) is 27.8 Å². The van der Waals surface area contributed by atoms with E-state index < -0.39 is 6.04 Å². The molecule has 2 unspecified atom stereocenters. The van der Waals surface area contributed by atoms with Crippen LogP contribution in [0.25, 0.3) is 0 Å². The molecule has 1 aromatic rings. The van der Waals surface area contributed by atoms with Gasteiger partial charge in [-0.3, -0.25) is 9.48 Å². The molecule has 0 aliphatic heterocycles. The quantitative estimate of drug-likeness (QED) is 0.768. The average molecular weight is 238 g/mol. The van der Waals surface area contributed by atoms with Gasteiger partial charge in [-0.05, 0) is 25.3 Å².